The highest BCUT2D eigenvalue weighted by atomic mass is 35.5. The van der Waals surface area contributed by atoms with Gasteiger partial charge in [0.25, 0.3) is 10.1 Å². The Morgan fingerprint density at radius 3 is 2.41 bits per heavy atom. The molecule has 0 bridgehead atoms. The Hall–Kier alpha value is -2.34. The Morgan fingerprint density at radius 1 is 1.00 bits per heavy atom. The van der Waals surface area contributed by atoms with Gasteiger partial charge in [0.1, 0.15) is 16.7 Å². The fourth-order valence-electron chi connectivity index (χ4n) is 3.78. The van der Waals surface area contributed by atoms with E-state index in [0.29, 0.717) is 17.0 Å². The van der Waals surface area contributed by atoms with E-state index in [4.69, 9.17) is 20.5 Å². The van der Waals surface area contributed by atoms with Crippen molar-refractivity contribution in [2.45, 2.75) is 31.3 Å². The van der Waals surface area contributed by atoms with E-state index in [9.17, 15) is 8.42 Å². The lowest BCUT2D eigenvalue weighted by molar-refractivity contribution is 0.235. The standard InChI is InChI=1S/C23H21ClO4S/c1-14-4-9-22(29(25,26)27-3)20(11-14)21-13-17-10-15(2)12-19(23(17)28-21)16-5-7-18(24)8-6-16/h4-12,21H,13H2,1-3H3. The average Bonchev–Trinajstić information content (AvgIpc) is 3.11. The van der Waals surface area contributed by atoms with Crippen molar-refractivity contribution in [3.63, 3.8) is 0 Å². The van der Waals surface area contributed by atoms with Gasteiger partial charge in [-0.3, -0.25) is 4.18 Å². The maximum Gasteiger partial charge on any atom is 0.297 e. The summed E-state index contributed by atoms with van der Waals surface area (Å²) in [6, 6.07) is 17.0. The molecule has 1 heterocycles. The quantitative estimate of drug-likeness (QED) is 0.505. The highest BCUT2D eigenvalue weighted by Gasteiger charge is 2.32. The van der Waals surface area contributed by atoms with Gasteiger partial charge in [0.2, 0.25) is 0 Å². The number of hydrogen-bond acceptors (Lipinski definition) is 4. The molecule has 0 radical (unpaired) electrons. The summed E-state index contributed by atoms with van der Waals surface area (Å²) in [5.41, 5.74) is 5.73. The number of benzene rings is 3. The summed E-state index contributed by atoms with van der Waals surface area (Å²) in [5.74, 6) is 0.783. The first-order valence-electron chi connectivity index (χ1n) is 9.26. The Morgan fingerprint density at radius 2 is 1.72 bits per heavy atom. The molecule has 1 atom stereocenters. The van der Waals surface area contributed by atoms with Crippen LogP contribution in [0.1, 0.15) is 28.4 Å². The van der Waals surface area contributed by atoms with Gasteiger partial charge in [-0.05, 0) is 54.8 Å². The molecule has 0 aliphatic carbocycles. The number of fused-ring (bicyclic) bond motifs is 1. The summed E-state index contributed by atoms with van der Waals surface area (Å²) in [7, 11) is -2.67. The van der Waals surface area contributed by atoms with E-state index in [0.717, 1.165) is 33.6 Å². The summed E-state index contributed by atoms with van der Waals surface area (Å²) in [4.78, 5) is 0.146. The van der Waals surface area contributed by atoms with Gasteiger partial charge in [0.05, 0.1) is 7.11 Å². The molecule has 0 fully saturated rings. The van der Waals surface area contributed by atoms with E-state index >= 15 is 0 Å². The lowest BCUT2D eigenvalue weighted by Crippen LogP contribution is -2.12. The summed E-state index contributed by atoms with van der Waals surface area (Å²) in [5, 5.41) is 0.672. The van der Waals surface area contributed by atoms with Gasteiger partial charge in [-0.1, -0.05) is 47.5 Å². The molecular weight excluding hydrogens is 408 g/mol. The Labute approximate surface area is 176 Å². The lowest BCUT2D eigenvalue weighted by Gasteiger charge is -2.17. The minimum Gasteiger partial charge on any atom is -0.484 e. The van der Waals surface area contributed by atoms with Crippen LogP contribution in [0.2, 0.25) is 5.02 Å². The van der Waals surface area contributed by atoms with E-state index < -0.39 is 16.2 Å². The molecule has 1 unspecified atom stereocenters. The van der Waals surface area contributed by atoms with E-state index in [1.165, 1.54) is 7.11 Å². The predicted molar refractivity (Wildman–Crippen MR) is 114 cm³/mol. The maximum absolute atomic E-state index is 12.4. The molecule has 4 rings (SSSR count). The molecule has 0 N–H and O–H groups in total. The van der Waals surface area contributed by atoms with Crippen molar-refractivity contribution in [1.29, 1.82) is 0 Å². The zero-order valence-electron chi connectivity index (χ0n) is 16.4. The number of halogens is 1. The summed E-state index contributed by atoms with van der Waals surface area (Å²) < 4.78 is 36.0. The van der Waals surface area contributed by atoms with Gasteiger partial charge in [-0.25, -0.2) is 0 Å². The molecule has 0 spiro atoms. The first-order valence-corrected chi connectivity index (χ1v) is 11.0. The molecule has 150 valence electrons. The van der Waals surface area contributed by atoms with Gasteiger partial charge in [-0.2, -0.15) is 8.42 Å². The molecule has 0 aromatic heterocycles. The molecule has 0 amide bonds. The van der Waals surface area contributed by atoms with Crippen molar-refractivity contribution in [3.8, 4) is 16.9 Å². The normalized spacial score (nSPS) is 15.8. The van der Waals surface area contributed by atoms with Gasteiger partial charge in [0, 0.05) is 22.6 Å². The molecule has 3 aromatic rings. The third kappa shape index (κ3) is 3.78. The van der Waals surface area contributed by atoms with Crippen molar-refractivity contribution < 1.29 is 17.3 Å². The molecule has 0 saturated carbocycles. The van der Waals surface area contributed by atoms with Gasteiger partial charge >= 0.3 is 0 Å². The van der Waals surface area contributed by atoms with E-state index in [1.807, 2.05) is 44.2 Å². The molecular formula is C23H21ClO4S. The molecule has 1 aliphatic heterocycles. The fraction of sp³-hybridized carbons (Fsp3) is 0.217. The first-order chi connectivity index (χ1) is 13.8. The third-order valence-corrected chi connectivity index (χ3v) is 6.73. The second kappa shape index (κ2) is 7.48. The monoisotopic (exact) mass is 428 g/mol. The molecule has 4 nitrogen and oxygen atoms in total. The SMILES string of the molecule is COS(=O)(=O)c1ccc(C)cc1C1Cc2cc(C)cc(-c3ccc(Cl)cc3)c2O1. The molecule has 1 aliphatic rings. The van der Waals surface area contributed by atoms with E-state index in [2.05, 4.69) is 12.1 Å². The Bertz CT molecular complexity index is 1180. The van der Waals surface area contributed by atoms with Crippen LogP contribution in [0.4, 0.5) is 0 Å². The van der Waals surface area contributed by atoms with Crippen molar-refractivity contribution in [2.75, 3.05) is 7.11 Å². The van der Waals surface area contributed by atoms with E-state index in [-0.39, 0.29) is 4.90 Å². The maximum atomic E-state index is 12.4. The minimum absolute atomic E-state index is 0.146. The van der Waals surface area contributed by atoms with Crippen LogP contribution in [0, 0.1) is 13.8 Å². The first kappa shape index (κ1) is 20.0. The van der Waals surface area contributed by atoms with Crippen LogP contribution in [0.3, 0.4) is 0 Å². The Kier molecular flexibility index (Phi) is 5.15. The van der Waals surface area contributed by atoms with Crippen molar-refractivity contribution >= 4 is 21.7 Å². The summed E-state index contributed by atoms with van der Waals surface area (Å²) >= 11 is 6.04. The van der Waals surface area contributed by atoms with Crippen molar-refractivity contribution in [3.05, 3.63) is 81.9 Å². The summed E-state index contributed by atoms with van der Waals surface area (Å²) in [6.07, 6.45) is 0.186. The number of rotatable bonds is 4. The van der Waals surface area contributed by atoms with Gasteiger partial charge in [0.15, 0.2) is 0 Å². The highest BCUT2D eigenvalue weighted by molar-refractivity contribution is 7.86. The second-order valence-electron chi connectivity index (χ2n) is 7.28. The minimum atomic E-state index is -3.84. The van der Waals surface area contributed by atoms with Crippen molar-refractivity contribution in [2.24, 2.45) is 0 Å². The fourth-order valence-corrected chi connectivity index (χ4v) is 4.80. The zero-order valence-corrected chi connectivity index (χ0v) is 18.0. The molecule has 3 aromatic carbocycles. The largest absolute Gasteiger partial charge is 0.484 e. The lowest BCUT2D eigenvalue weighted by atomic mass is 9.96. The smallest absolute Gasteiger partial charge is 0.297 e. The van der Waals surface area contributed by atoms with E-state index in [1.54, 1.807) is 12.1 Å². The van der Waals surface area contributed by atoms with Crippen LogP contribution in [-0.2, 0) is 20.7 Å². The molecule has 0 saturated heterocycles. The zero-order chi connectivity index (χ0) is 20.8. The van der Waals surface area contributed by atoms with Gasteiger partial charge < -0.3 is 4.74 Å². The topological polar surface area (TPSA) is 52.6 Å². The predicted octanol–water partition coefficient (Wildman–Crippen LogP) is 5.64. The second-order valence-corrected chi connectivity index (χ2v) is 9.40. The Balaban J connectivity index is 1.80. The number of hydrogen-bond donors (Lipinski definition) is 0. The van der Waals surface area contributed by atoms with Crippen molar-refractivity contribution in [1.82, 2.24) is 0 Å². The number of ether oxygens (including phenoxy) is 1. The van der Waals surface area contributed by atoms with Crippen LogP contribution in [0.5, 0.6) is 5.75 Å². The van der Waals surface area contributed by atoms with Crippen LogP contribution < -0.4 is 4.74 Å². The van der Waals surface area contributed by atoms with Crippen LogP contribution in [-0.4, -0.2) is 15.5 Å². The summed E-state index contributed by atoms with van der Waals surface area (Å²) in [6.45, 7) is 3.97. The highest BCUT2D eigenvalue weighted by Crippen LogP contribution is 2.45. The third-order valence-electron chi connectivity index (χ3n) is 5.13. The van der Waals surface area contributed by atoms with Crippen LogP contribution in [0.25, 0.3) is 11.1 Å². The average molecular weight is 429 g/mol. The molecule has 29 heavy (non-hydrogen) atoms. The molecule has 6 heteroatoms. The van der Waals surface area contributed by atoms with Crippen LogP contribution in [0.15, 0.2) is 59.5 Å². The number of aryl methyl sites for hydroxylation is 2. The van der Waals surface area contributed by atoms with Gasteiger partial charge in [-0.15, -0.1) is 0 Å². The van der Waals surface area contributed by atoms with Crippen LogP contribution >= 0.6 is 11.6 Å².